The Morgan fingerprint density at radius 3 is 2.56 bits per heavy atom. The fraction of sp³-hybridized carbons (Fsp3) is 0.235. The van der Waals surface area contributed by atoms with Gasteiger partial charge in [0, 0.05) is 23.5 Å². The van der Waals surface area contributed by atoms with E-state index in [1.807, 2.05) is 17.9 Å². The van der Waals surface area contributed by atoms with Crippen LogP contribution in [0, 0.1) is 24.4 Å². The van der Waals surface area contributed by atoms with Gasteiger partial charge in [0.1, 0.15) is 5.82 Å². The molecule has 0 bridgehead atoms. The Balaban J connectivity index is 1.31. The van der Waals surface area contributed by atoms with E-state index in [-0.39, 0.29) is 30.2 Å². The summed E-state index contributed by atoms with van der Waals surface area (Å²) in [5.74, 6) is -2.24. The molecule has 7 rings (SSSR count). The maximum absolute atomic E-state index is 13.9. The van der Waals surface area contributed by atoms with Crippen molar-refractivity contribution in [2.45, 2.75) is 45.2 Å². The second-order valence-electron chi connectivity index (χ2n) is 11.2. The number of aromatic nitrogens is 2. The van der Waals surface area contributed by atoms with Gasteiger partial charge in [-0.3, -0.25) is 14.6 Å². The number of thiophene rings is 1. The molecular formula is C34H27F3N4O3S. The highest BCUT2D eigenvalue weighted by atomic mass is 32.1. The molecule has 0 aliphatic carbocycles. The summed E-state index contributed by atoms with van der Waals surface area (Å²) < 4.78 is 46.5. The van der Waals surface area contributed by atoms with Crippen molar-refractivity contribution in [2.75, 3.05) is 6.54 Å². The van der Waals surface area contributed by atoms with E-state index in [1.54, 1.807) is 18.2 Å². The number of nitrogens with zero attached hydrogens (tertiary/aromatic N) is 3. The lowest BCUT2D eigenvalue weighted by atomic mass is 9.91. The third-order valence-corrected chi connectivity index (χ3v) is 9.49. The number of benzene rings is 2. The normalized spacial score (nSPS) is 15.4. The van der Waals surface area contributed by atoms with E-state index < -0.39 is 11.6 Å². The SMILES string of the molecule is Cc1ncoc1-c1c(CCc2ccc(F)cc2)nc2c(c1-c1ccc(C(=O)NCc3ccc(F)c(F)c3)s1)C(=O)N1CCC[C@@H]21. The number of carbonyl (C=O) groups excluding carboxylic acids is 2. The summed E-state index contributed by atoms with van der Waals surface area (Å²) in [7, 11) is 0. The lowest BCUT2D eigenvalue weighted by molar-refractivity contribution is 0.0776. The molecule has 0 radical (unpaired) electrons. The summed E-state index contributed by atoms with van der Waals surface area (Å²) in [4.78, 5) is 39.5. The summed E-state index contributed by atoms with van der Waals surface area (Å²) in [6.45, 7) is 2.48. The van der Waals surface area contributed by atoms with Crippen LogP contribution in [-0.2, 0) is 19.4 Å². The van der Waals surface area contributed by atoms with E-state index in [9.17, 15) is 22.8 Å². The Morgan fingerprint density at radius 1 is 1.00 bits per heavy atom. The number of aryl methyl sites for hydroxylation is 3. The lowest BCUT2D eigenvalue weighted by Crippen LogP contribution is -2.22. The zero-order valence-corrected chi connectivity index (χ0v) is 25.0. The Morgan fingerprint density at radius 2 is 1.80 bits per heavy atom. The van der Waals surface area contributed by atoms with Crippen molar-refractivity contribution in [1.29, 1.82) is 0 Å². The first-order valence-electron chi connectivity index (χ1n) is 14.6. The Kier molecular flexibility index (Phi) is 7.48. The van der Waals surface area contributed by atoms with E-state index in [0.717, 1.165) is 41.9 Å². The first-order valence-corrected chi connectivity index (χ1v) is 15.4. The minimum atomic E-state index is -0.984. The lowest BCUT2D eigenvalue weighted by Gasteiger charge is -2.17. The van der Waals surface area contributed by atoms with Crippen LogP contribution in [0.3, 0.4) is 0 Å². The Hall–Kier alpha value is -4.77. The van der Waals surface area contributed by atoms with Gasteiger partial charge >= 0.3 is 0 Å². The first kappa shape index (κ1) is 29.0. The molecule has 2 amide bonds. The first-order chi connectivity index (χ1) is 21.8. The molecule has 45 heavy (non-hydrogen) atoms. The highest BCUT2D eigenvalue weighted by Crippen LogP contribution is 2.49. The standard InChI is InChI=1S/C34H27F3N4O3S/c1-18-32(44-17-39-18)28-24(11-7-19-4-8-21(35)9-5-19)40-31-25-3-2-14-41(25)34(43)30(31)29(28)26-12-13-27(45-26)33(42)38-16-20-6-10-22(36)23(37)15-20/h4-6,8-10,12-13,15,17,25H,2-3,7,11,14,16H2,1H3,(H,38,42)/t25-/m0/s1. The molecular weight excluding hydrogens is 601 g/mol. The van der Waals surface area contributed by atoms with Crippen LogP contribution in [0.5, 0.6) is 0 Å². The largest absolute Gasteiger partial charge is 0.443 e. The van der Waals surface area contributed by atoms with Crippen LogP contribution in [0.4, 0.5) is 13.2 Å². The molecule has 1 saturated heterocycles. The van der Waals surface area contributed by atoms with Gasteiger partial charge in [-0.25, -0.2) is 18.2 Å². The molecule has 0 unspecified atom stereocenters. The van der Waals surface area contributed by atoms with Gasteiger partial charge in [0.25, 0.3) is 11.8 Å². The molecule has 5 heterocycles. The van der Waals surface area contributed by atoms with E-state index in [4.69, 9.17) is 9.40 Å². The van der Waals surface area contributed by atoms with Crippen molar-refractivity contribution >= 4 is 23.2 Å². The number of hydrogen-bond acceptors (Lipinski definition) is 6. The number of fused-ring (bicyclic) bond motifs is 3. The molecule has 0 spiro atoms. The van der Waals surface area contributed by atoms with E-state index in [0.29, 0.717) is 62.8 Å². The maximum atomic E-state index is 13.9. The quantitative estimate of drug-likeness (QED) is 0.196. The average molecular weight is 629 g/mol. The van der Waals surface area contributed by atoms with Crippen molar-refractivity contribution < 1.29 is 27.2 Å². The van der Waals surface area contributed by atoms with Crippen LogP contribution in [0.1, 0.15) is 67.1 Å². The number of nitrogens with one attached hydrogen (secondary N) is 1. The van der Waals surface area contributed by atoms with Crippen molar-refractivity contribution in [1.82, 2.24) is 20.2 Å². The summed E-state index contributed by atoms with van der Waals surface area (Å²) in [5, 5.41) is 2.76. The van der Waals surface area contributed by atoms with Crippen LogP contribution < -0.4 is 5.32 Å². The van der Waals surface area contributed by atoms with E-state index in [1.165, 1.54) is 35.9 Å². The predicted molar refractivity (Wildman–Crippen MR) is 162 cm³/mol. The molecule has 7 nitrogen and oxygen atoms in total. The molecule has 1 N–H and O–H groups in total. The number of rotatable bonds is 8. The van der Waals surface area contributed by atoms with Crippen LogP contribution >= 0.6 is 11.3 Å². The Bertz CT molecular complexity index is 1950. The van der Waals surface area contributed by atoms with Gasteiger partial charge in [-0.05, 0) is 80.1 Å². The number of carbonyl (C=O) groups is 2. The average Bonchev–Trinajstić information content (AvgIpc) is 3.84. The maximum Gasteiger partial charge on any atom is 0.261 e. The van der Waals surface area contributed by atoms with Crippen LogP contribution in [-0.4, -0.2) is 33.2 Å². The molecule has 2 aliphatic heterocycles. The molecule has 2 aliphatic rings. The predicted octanol–water partition coefficient (Wildman–Crippen LogP) is 7.20. The number of oxazole rings is 1. The summed E-state index contributed by atoms with van der Waals surface area (Å²) in [6.07, 6.45) is 4.13. The van der Waals surface area contributed by atoms with E-state index >= 15 is 0 Å². The smallest absolute Gasteiger partial charge is 0.261 e. The second kappa shape index (κ2) is 11.6. The fourth-order valence-electron chi connectivity index (χ4n) is 6.19. The Labute approximate surface area is 260 Å². The van der Waals surface area contributed by atoms with Gasteiger partial charge < -0.3 is 14.6 Å². The topological polar surface area (TPSA) is 88.3 Å². The van der Waals surface area contributed by atoms with Crippen LogP contribution in [0.2, 0.25) is 0 Å². The monoisotopic (exact) mass is 628 g/mol. The van der Waals surface area contributed by atoms with Gasteiger partial charge in [0.15, 0.2) is 23.8 Å². The molecule has 1 atom stereocenters. The third kappa shape index (κ3) is 5.31. The third-order valence-electron chi connectivity index (χ3n) is 8.39. The summed E-state index contributed by atoms with van der Waals surface area (Å²) >= 11 is 1.22. The minimum Gasteiger partial charge on any atom is -0.443 e. The molecule has 228 valence electrons. The van der Waals surface area contributed by atoms with Crippen molar-refractivity contribution in [3.63, 3.8) is 0 Å². The molecule has 0 saturated carbocycles. The molecule has 2 aromatic carbocycles. The van der Waals surface area contributed by atoms with Crippen molar-refractivity contribution in [3.8, 4) is 21.8 Å². The number of hydrogen-bond donors (Lipinski definition) is 1. The molecule has 11 heteroatoms. The zero-order chi connectivity index (χ0) is 31.2. The van der Waals surface area contributed by atoms with Crippen LogP contribution in [0.25, 0.3) is 21.8 Å². The van der Waals surface area contributed by atoms with Gasteiger partial charge in [0.2, 0.25) is 0 Å². The number of pyridine rings is 1. The molecule has 5 aromatic rings. The van der Waals surface area contributed by atoms with Crippen molar-refractivity contribution in [2.24, 2.45) is 0 Å². The highest BCUT2D eigenvalue weighted by molar-refractivity contribution is 7.17. The minimum absolute atomic E-state index is 0.0130. The second-order valence-corrected chi connectivity index (χ2v) is 12.3. The summed E-state index contributed by atoms with van der Waals surface area (Å²) in [5.41, 5.74) is 5.25. The number of amides is 2. The highest BCUT2D eigenvalue weighted by Gasteiger charge is 2.44. The molecule has 1 fully saturated rings. The van der Waals surface area contributed by atoms with Gasteiger partial charge in [-0.1, -0.05) is 18.2 Å². The number of halogens is 3. The molecule has 3 aromatic heterocycles. The summed E-state index contributed by atoms with van der Waals surface area (Å²) in [6, 6.07) is 13.2. The van der Waals surface area contributed by atoms with Crippen molar-refractivity contribution in [3.05, 3.63) is 117 Å². The van der Waals surface area contributed by atoms with Crippen LogP contribution in [0.15, 0.2) is 65.4 Å². The van der Waals surface area contributed by atoms with Gasteiger partial charge in [-0.15, -0.1) is 11.3 Å². The zero-order valence-electron chi connectivity index (χ0n) is 24.2. The van der Waals surface area contributed by atoms with Gasteiger partial charge in [-0.2, -0.15) is 0 Å². The fourth-order valence-corrected chi connectivity index (χ4v) is 7.17. The van der Waals surface area contributed by atoms with Gasteiger partial charge in [0.05, 0.1) is 39.1 Å². The van der Waals surface area contributed by atoms with E-state index in [2.05, 4.69) is 10.3 Å².